The normalized spacial score (nSPS) is 12.6. The molecule has 0 spiro atoms. The molecule has 0 aliphatic carbocycles. The fourth-order valence-corrected chi connectivity index (χ4v) is 1.90. The van der Waals surface area contributed by atoms with E-state index in [0.717, 1.165) is 15.8 Å². The molecule has 0 amide bonds. The van der Waals surface area contributed by atoms with Gasteiger partial charge in [-0.05, 0) is 23.8 Å². The first-order valence-corrected chi connectivity index (χ1v) is 5.13. The molecule has 0 bridgehead atoms. The number of ether oxygens (including phenoxy) is 1. The summed E-state index contributed by atoms with van der Waals surface area (Å²) in [6.07, 6.45) is 0. The first-order chi connectivity index (χ1) is 6.69. The average Bonchev–Trinajstić information content (AvgIpc) is 2.19. The Labute approximate surface area is 92.3 Å². The molecule has 78 valence electrons. The van der Waals surface area contributed by atoms with Gasteiger partial charge in [0, 0.05) is 10.4 Å². The minimum absolute atomic E-state index is 0.240. The Morgan fingerprint density at radius 3 is 2.79 bits per heavy atom. The topological polar surface area (TPSA) is 44.5 Å². The lowest BCUT2D eigenvalue weighted by Crippen LogP contribution is -2.09. The summed E-state index contributed by atoms with van der Waals surface area (Å²) in [4.78, 5) is 4.62. The maximum absolute atomic E-state index is 5.15. The molecule has 1 aromatic carbocycles. The van der Waals surface area contributed by atoms with Gasteiger partial charge in [0.2, 0.25) is 0 Å². The van der Waals surface area contributed by atoms with Gasteiger partial charge in [0.25, 0.3) is 0 Å². The molecular formula is C10H14BrNO2. The third-order valence-corrected chi connectivity index (χ3v) is 2.80. The number of rotatable bonds is 4. The van der Waals surface area contributed by atoms with E-state index < -0.39 is 0 Å². The maximum Gasteiger partial charge on any atom is 0.119 e. The highest BCUT2D eigenvalue weighted by Crippen LogP contribution is 2.28. The molecule has 1 unspecified atom stereocenters. The molecule has 0 fully saturated rings. The molecule has 4 heteroatoms. The van der Waals surface area contributed by atoms with Crippen molar-refractivity contribution in [3.05, 3.63) is 28.2 Å². The van der Waals surface area contributed by atoms with Crippen LogP contribution in [0.15, 0.2) is 22.7 Å². The number of hydrogen-bond acceptors (Lipinski definition) is 3. The van der Waals surface area contributed by atoms with Crippen molar-refractivity contribution in [3.63, 3.8) is 0 Å². The highest BCUT2D eigenvalue weighted by molar-refractivity contribution is 9.10. The zero-order chi connectivity index (χ0) is 10.6. The van der Waals surface area contributed by atoms with Crippen LogP contribution in [0.3, 0.4) is 0 Å². The standard InChI is InChI=1S/C10H14BrNO2/c1-7(6-14-12)9-5-8(13-2)3-4-10(9)11/h3-5,7H,6,12H2,1-2H3. The minimum atomic E-state index is 0.240. The predicted octanol–water partition coefficient (Wildman–Crippen LogP) is 2.45. The van der Waals surface area contributed by atoms with Crippen LogP contribution in [0.1, 0.15) is 18.4 Å². The highest BCUT2D eigenvalue weighted by Gasteiger charge is 2.10. The van der Waals surface area contributed by atoms with Gasteiger partial charge in [-0.3, -0.25) is 0 Å². The van der Waals surface area contributed by atoms with Crippen molar-refractivity contribution in [2.24, 2.45) is 5.90 Å². The highest BCUT2D eigenvalue weighted by atomic mass is 79.9. The molecule has 1 rings (SSSR count). The zero-order valence-corrected chi connectivity index (χ0v) is 9.87. The zero-order valence-electron chi connectivity index (χ0n) is 8.29. The summed E-state index contributed by atoms with van der Waals surface area (Å²) in [6, 6.07) is 5.85. The number of halogens is 1. The number of benzene rings is 1. The van der Waals surface area contributed by atoms with Crippen molar-refractivity contribution < 1.29 is 9.57 Å². The Morgan fingerprint density at radius 1 is 1.50 bits per heavy atom. The predicted molar refractivity (Wildman–Crippen MR) is 59.2 cm³/mol. The molecule has 0 aliphatic rings. The van der Waals surface area contributed by atoms with Crippen LogP contribution in [-0.2, 0) is 4.84 Å². The Morgan fingerprint density at radius 2 is 2.21 bits per heavy atom. The van der Waals surface area contributed by atoms with E-state index in [1.807, 2.05) is 25.1 Å². The smallest absolute Gasteiger partial charge is 0.119 e. The monoisotopic (exact) mass is 259 g/mol. The van der Waals surface area contributed by atoms with Crippen LogP contribution >= 0.6 is 15.9 Å². The van der Waals surface area contributed by atoms with E-state index in [2.05, 4.69) is 20.8 Å². The van der Waals surface area contributed by atoms with Gasteiger partial charge < -0.3 is 9.57 Å². The second kappa shape index (κ2) is 5.34. The van der Waals surface area contributed by atoms with Crippen LogP contribution in [0.25, 0.3) is 0 Å². The second-order valence-corrected chi connectivity index (χ2v) is 3.98. The molecule has 14 heavy (non-hydrogen) atoms. The fourth-order valence-electron chi connectivity index (χ4n) is 1.26. The molecule has 0 radical (unpaired) electrons. The summed E-state index contributed by atoms with van der Waals surface area (Å²) in [5.41, 5.74) is 1.13. The average molecular weight is 260 g/mol. The molecule has 0 saturated carbocycles. The van der Waals surface area contributed by atoms with Crippen LogP contribution in [0.5, 0.6) is 5.75 Å². The second-order valence-electron chi connectivity index (χ2n) is 3.12. The van der Waals surface area contributed by atoms with Crippen LogP contribution in [0.2, 0.25) is 0 Å². The molecule has 0 aliphatic heterocycles. The van der Waals surface area contributed by atoms with Gasteiger partial charge in [-0.25, -0.2) is 5.90 Å². The van der Waals surface area contributed by atoms with E-state index in [0.29, 0.717) is 6.61 Å². The lowest BCUT2D eigenvalue weighted by atomic mass is 10.0. The summed E-state index contributed by atoms with van der Waals surface area (Å²) >= 11 is 3.48. The maximum atomic E-state index is 5.15. The van der Waals surface area contributed by atoms with Crippen LogP contribution in [0, 0.1) is 0 Å². The summed E-state index contributed by atoms with van der Waals surface area (Å²) in [5.74, 6) is 6.12. The third-order valence-electron chi connectivity index (χ3n) is 2.08. The first-order valence-electron chi connectivity index (χ1n) is 4.34. The molecule has 3 nitrogen and oxygen atoms in total. The van der Waals surface area contributed by atoms with Gasteiger partial charge in [-0.2, -0.15) is 0 Å². The number of nitrogens with two attached hydrogens (primary N) is 1. The fraction of sp³-hybridized carbons (Fsp3) is 0.400. The molecule has 0 aromatic heterocycles. The molecule has 0 saturated heterocycles. The van der Waals surface area contributed by atoms with Gasteiger partial charge in [0.05, 0.1) is 13.7 Å². The lowest BCUT2D eigenvalue weighted by Gasteiger charge is -2.13. The Kier molecular flexibility index (Phi) is 4.38. The number of methoxy groups -OCH3 is 1. The Hall–Kier alpha value is -0.580. The van der Waals surface area contributed by atoms with E-state index >= 15 is 0 Å². The van der Waals surface area contributed by atoms with Crippen LogP contribution in [-0.4, -0.2) is 13.7 Å². The largest absolute Gasteiger partial charge is 0.497 e. The summed E-state index contributed by atoms with van der Waals surface area (Å²) in [6.45, 7) is 2.54. The first kappa shape index (κ1) is 11.5. The number of hydrogen-bond donors (Lipinski definition) is 1. The van der Waals surface area contributed by atoms with E-state index in [1.54, 1.807) is 7.11 Å². The minimum Gasteiger partial charge on any atom is -0.497 e. The van der Waals surface area contributed by atoms with E-state index in [1.165, 1.54) is 0 Å². The molecule has 0 heterocycles. The summed E-state index contributed by atoms with van der Waals surface area (Å²) < 4.78 is 6.19. The lowest BCUT2D eigenvalue weighted by molar-refractivity contribution is 0.126. The summed E-state index contributed by atoms with van der Waals surface area (Å²) in [7, 11) is 1.65. The van der Waals surface area contributed by atoms with Crippen molar-refractivity contribution >= 4 is 15.9 Å². The van der Waals surface area contributed by atoms with Gasteiger partial charge >= 0.3 is 0 Å². The summed E-state index contributed by atoms with van der Waals surface area (Å²) in [5, 5.41) is 0. The van der Waals surface area contributed by atoms with E-state index in [4.69, 9.17) is 10.6 Å². The van der Waals surface area contributed by atoms with Crippen molar-refractivity contribution in [3.8, 4) is 5.75 Å². The van der Waals surface area contributed by atoms with Crippen molar-refractivity contribution in [2.75, 3.05) is 13.7 Å². The van der Waals surface area contributed by atoms with E-state index in [9.17, 15) is 0 Å². The van der Waals surface area contributed by atoms with Crippen molar-refractivity contribution in [1.29, 1.82) is 0 Å². The Balaban J connectivity index is 2.93. The Bertz CT molecular complexity index is 304. The molecular weight excluding hydrogens is 246 g/mol. The van der Waals surface area contributed by atoms with Crippen molar-refractivity contribution in [2.45, 2.75) is 12.8 Å². The van der Waals surface area contributed by atoms with E-state index in [-0.39, 0.29) is 5.92 Å². The van der Waals surface area contributed by atoms with Crippen LogP contribution < -0.4 is 10.6 Å². The quantitative estimate of drug-likeness (QED) is 0.846. The van der Waals surface area contributed by atoms with Crippen LogP contribution in [0.4, 0.5) is 0 Å². The molecule has 2 N–H and O–H groups in total. The van der Waals surface area contributed by atoms with Crippen molar-refractivity contribution in [1.82, 2.24) is 0 Å². The third kappa shape index (κ3) is 2.70. The molecule has 1 atom stereocenters. The van der Waals surface area contributed by atoms with Gasteiger partial charge in [0.1, 0.15) is 5.75 Å². The SMILES string of the molecule is COc1ccc(Br)c(C(C)CON)c1. The van der Waals surface area contributed by atoms with Gasteiger partial charge in [-0.15, -0.1) is 0 Å². The molecule has 1 aromatic rings. The van der Waals surface area contributed by atoms with Gasteiger partial charge in [0.15, 0.2) is 0 Å². The van der Waals surface area contributed by atoms with Gasteiger partial charge in [-0.1, -0.05) is 22.9 Å².